The SMILES string of the molecule is CC[C@H](C)NC(=O)[C@@H](Cc1ccccc1)N(Cc1ccccc1)C(=O)CN(c1cc(Cl)ccc1C)S(=O)(=O)c1ccccc1. The average molecular weight is 632 g/mol. The maximum Gasteiger partial charge on any atom is 0.264 e. The number of benzene rings is 4. The molecule has 230 valence electrons. The molecule has 0 spiro atoms. The fraction of sp³-hybridized carbons (Fsp3) is 0.257. The Morgan fingerprint density at radius 2 is 1.41 bits per heavy atom. The molecule has 9 heteroatoms. The van der Waals surface area contributed by atoms with Crippen LogP contribution in [0.1, 0.15) is 37.0 Å². The highest BCUT2D eigenvalue weighted by Gasteiger charge is 2.35. The van der Waals surface area contributed by atoms with Crippen LogP contribution in [0.25, 0.3) is 0 Å². The van der Waals surface area contributed by atoms with Crippen LogP contribution in [-0.4, -0.2) is 43.8 Å². The van der Waals surface area contributed by atoms with Gasteiger partial charge in [-0.3, -0.25) is 13.9 Å². The molecule has 7 nitrogen and oxygen atoms in total. The number of amides is 2. The van der Waals surface area contributed by atoms with E-state index in [1.165, 1.54) is 17.0 Å². The Hall–Kier alpha value is -4.14. The van der Waals surface area contributed by atoms with Gasteiger partial charge in [-0.2, -0.15) is 0 Å². The van der Waals surface area contributed by atoms with Gasteiger partial charge in [-0.15, -0.1) is 0 Å². The lowest BCUT2D eigenvalue weighted by Crippen LogP contribution is -2.54. The smallest absolute Gasteiger partial charge is 0.264 e. The lowest BCUT2D eigenvalue weighted by atomic mass is 10.0. The summed E-state index contributed by atoms with van der Waals surface area (Å²) in [6.07, 6.45) is 0.969. The molecule has 44 heavy (non-hydrogen) atoms. The predicted molar refractivity (Wildman–Crippen MR) is 176 cm³/mol. The number of nitrogens with one attached hydrogen (secondary N) is 1. The van der Waals surface area contributed by atoms with E-state index >= 15 is 0 Å². The molecule has 2 amide bonds. The van der Waals surface area contributed by atoms with Crippen molar-refractivity contribution in [2.24, 2.45) is 0 Å². The molecule has 0 heterocycles. The zero-order chi connectivity index (χ0) is 31.7. The number of hydrogen-bond acceptors (Lipinski definition) is 4. The predicted octanol–water partition coefficient (Wildman–Crippen LogP) is 6.40. The van der Waals surface area contributed by atoms with E-state index in [4.69, 9.17) is 11.6 Å². The molecule has 0 saturated carbocycles. The monoisotopic (exact) mass is 631 g/mol. The molecular weight excluding hydrogens is 594 g/mol. The van der Waals surface area contributed by atoms with Crippen LogP contribution in [0.15, 0.2) is 114 Å². The van der Waals surface area contributed by atoms with Crippen LogP contribution in [0.3, 0.4) is 0 Å². The van der Waals surface area contributed by atoms with Crippen molar-refractivity contribution in [1.82, 2.24) is 10.2 Å². The first kappa shape index (κ1) is 32.8. The first-order valence-corrected chi connectivity index (χ1v) is 16.4. The minimum absolute atomic E-state index is 0.0390. The third kappa shape index (κ3) is 8.27. The summed E-state index contributed by atoms with van der Waals surface area (Å²) in [5.74, 6) is -0.822. The summed E-state index contributed by atoms with van der Waals surface area (Å²) in [6, 6.07) is 30.8. The first-order valence-electron chi connectivity index (χ1n) is 14.6. The van der Waals surface area contributed by atoms with Crippen molar-refractivity contribution in [3.05, 3.63) is 131 Å². The van der Waals surface area contributed by atoms with Crippen molar-refractivity contribution >= 4 is 39.1 Å². The Morgan fingerprint density at radius 1 is 0.841 bits per heavy atom. The van der Waals surface area contributed by atoms with Crippen molar-refractivity contribution in [2.45, 2.75) is 57.1 Å². The Morgan fingerprint density at radius 3 is 2.00 bits per heavy atom. The van der Waals surface area contributed by atoms with Gasteiger partial charge in [0.2, 0.25) is 11.8 Å². The van der Waals surface area contributed by atoms with Gasteiger partial charge < -0.3 is 10.2 Å². The minimum Gasteiger partial charge on any atom is -0.352 e. The molecule has 0 aliphatic rings. The molecule has 4 aromatic carbocycles. The fourth-order valence-corrected chi connectivity index (χ4v) is 6.52. The molecular formula is C35H38ClN3O4S. The third-order valence-corrected chi connectivity index (χ3v) is 9.53. The highest BCUT2D eigenvalue weighted by Crippen LogP contribution is 2.30. The zero-order valence-corrected chi connectivity index (χ0v) is 26.8. The standard InChI is InChI=1S/C35H38ClN3O4S/c1-4-27(3)37-35(41)33(22-28-14-8-5-9-15-28)38(24-29-16-10-6-11-17-29)34(40)25-39(32-23-30(36)21-20-26(32)2)44(42,43)31-18-12-7-13-19-31/h5-21,23,27,33H,4,22,24-25H2,1-3H3,(H,37,41)/t27-,33+/m0/s1. The normalized spacial score (nSPS) is 12.6. The van der Waals surface area contributed by atoms with Crippen LogP contribution in [0.4, 0.5) is 5.69 Å². The van der Waals surface area contributed by atoms with Gasteiger partial charge in [-0.1, -0.05) is 103 Å². The topological polar surface area (TPSA) is 86.8 Å². The second-order valence-electron chi connectivity index (χ2n) is 10.8. The lowest BCUT2D eigenvalue weighted by molar-refractivity contribution is -0.140. The van der Waals surface area contributed by atoms with Crippen molar-refractivity contribution in [3.8, 4) is 0 Å². The molecule has 0 aliphatic carbocycles. The van der Waals surface area contributed by atoms with Crippen LogP contribution in [0, 0.1) is 6.92 Å². The Bertz CT molecular complexity index is 1650. The van der Waals surface area contributed by atoms with Crippen LogP contribution in [0.5, 0.6) is 0 Å². The first-order chi connectivity index (χ1) is 21.1. The van der Waals surface area contributed by atoms with E-state index in [2.05, 4.69) is 5.32 Å². The summed E-state index contributed by atoms with van der Waals surface area (Å²) in [5, 5.41) is 3.38. The number of carbonyl (C=O) groups is 2. The lowest BCUT2D eigenvalue weighted by Gasteiger charge is -2.34. The molecule has 0 aliphatic heterocycles. The van der Waals surface area contributed by atoms with Gasteiger partial charge in [0.1, 0.15) is 12.6 Å². The van der Waals surface area contributed by atoms with Crippen molar-refractivity contribution < 1.29 is 18.0 Å². The number of rotatable bonds is 13. The van der Waals surface area contributed by atoms with Crippen molar-refractivity contribution in [2.75, 3.05) is 10.8 Å². The molecule has 4 rings (SSSR count). The van der Waals surface area contributed by atoms with E-state index in [0.29, 0.717) is 17.0 Å². The number of nitrogens with zero attached hydrogens (tertiary/aromatic N) is 2. The Labute approximate surface area is 265 Å². The number of anilines is 1. The molecule has 0 radical (unpaired) electrons. The summed E-state index contributed by atoms with van der Waals surface area (Å²) >= 11 is 6.34. The number of halogens is 1. The third-order valence-electron chi connectivity index (χ3n) is 7.52. The number of sulfonamides is 1. The summed E-state index contributed by atoms with van der Waals surface area (Å²) in [4.78, 5) is 29.9. The average Bonchev–Trinajstić information content (AvgIpc) is 3.03. The van der Waals surface area contributed by atoms with Gasteiger partial charge in [-0.05, 0) is 61.2 Å². The molecule has 4 aromatic rings. The van der Waals surface area contributed by atoms with E-state index in [9.17, 15) is 18.0 Å². The van der Waals surface area contributed by atoms with Crippen LogP contribution >= 0.6 is 11.6 Å². The van der Waals surface area contributed by atoms with E-state index in [1.807, 2.05) is 74.5 Å². The molecule has 0 bridgehead atoms. The van der Waals surface area contributed by atoms with Crippen LogP contribution < -0.4 is 9.62 Å². The molecule has 0 fully saturated rings. The van der Waals surface area contributed by atoms with E-state index in [-0.39, 0.29) is 35.5 Å². The maximum atomic E-state index is 14.5. The highest BCUT2D eigenvalue weighted by atomic mass is 35.5. The fourth-order valence-electron chi connectivity index (χ4n) is 4.86. The maximum absolute atomic E-state index is 14.5. The molecule has 0 saturated heterocycles. The highest BCUT2D eigenvalue weighted by molar-refractivity contribution is 7.92. The largest absolute Gasteiger partial charge is 0.352 e. The molecule has 1 N–H and O–H groups in total. The number of hydrogen-bond donors (Lipinski definition) is 1. The second kappa shape index (κ2) is 15.0. The van der Waals surface area contributed by atoms with E-state index in [0.717, 1.165) is 15.4 Å². The van der Waals surface area contributed by atoms with Gasteiger partial charge in [0.05, 0.1) is 10.6 Å². The van der Waals surface area contributed by atoms with E-state index in [1.54, 1.807) is 43.3 Å². The number of carbonyl (C=O) groups excluding carboxylic acids is 2. The van der Waals surface area contributed by atoms with Crippen LogP contribution in [-0.2, 0) is 32.6 Å². The summed E-state index contributed by atoms with van der Waals surface area (Å²) < 4.78 is 29.3. The Balaban J connectivity index is 1.82. The summed E-state index contributed by atoms with van der Waals surface area (Å²) in [7, 11) is -4.20. The summed E-state index contributed by atoms with van der Waals surface area (Å²) in [5.41, 5.74) is 2.61. The molecule has 0 aromatic heterocycles. The van der Waals surface area contributed by atoms with Crippen molar-refractivity contribution in [1.29, 1.82) is 0 Å². The number of aryl methyl sites for hydroxylation is 1. The van der Waals surface area contributed by atoms with Crippen LogP contribution in [0.2, 0.25) is 5.02 Å². The van der Waals surface area contributed by atoms with Gasteiger partial charge in [-0.25, -0.2) is 8.42 Å². The Kier molecular flexibility index (Phi) is 11.2. The quantitative estimate of drug-likeness (QED) is 0.185. The van der Waals surface area contributed by atoms with E-state index < -0.39 is 28.5 Å². The molecule has 0 unspecified atom stereocenters. The second-order valence-corrected chi connectivity index (χ2v) is 13.1. The van der Waals surface area contributed by atoms with Gasteiger partial charge in [0, 0.05) is 24.0 Å². The van der Waals surface area contributed by atoms with Gasteiger partial charge in [0.25, 0.3) is 10.0 Å². The zero-order valence-electron chi connectivity index (χ0n) is 25.2. The minimum atomic E-state index is -4.20. The summed E-state index contributed by atoms with van der Waals surface area (Å²) in [6.45, 7) is 5.23. The van der Waals surface area contributed by atoms with Gasteiger partial charge in [0.15, 0.2) is 0 Å². The van der Waals surface area contributed by atoms with Gasteiger partial charge >= 0.3 is 0 Å². The van der Waals surface area contributed by atoms with Crippen molar-refractivity contribution in [3.63, 3.8) is 0 Å². The molecule has 2 atom stereocenters.